The average molecular weight is 243 g/mol. The number of nitrogens with zero attached hydrogens (tertiary/aromatic N) is 2. The standard InChI is InChI=1S/C11H21N3OS/c1-3-11(15,9-12)5-4-8-16-10-13-6-7-14(10)2/h6-7,15H,3-5,8-9,12H2,1-2H3. The summed E-state index contributed by atoms with van der Waals surface area (Å²) in [5.74, 6) is 0.965. The molecule has 0 radical (unpaired) electrons. The fourth-order valence-electron chi connectivity index (χ4n) is 1.48. The van der Waals surface area contributed by atoms with E-state index in [0.29, 0.717) is 6.54 Å². The van der Waals surface area contributed by atoms with Crippen LogP contribution in [0, 0.1) is 0 Å². The van der Waals surface area contributed by atoms with Crippen LogP contribution < -0.4 is 5.73 Å². The maximum absolute atomic E-state index is 9.99. The first-order chi connectivity index (χ1) is 7.61. The molecule has 0 amide bonds. The van der Waals surface area contributed by atoms with Crippen molar-refractivity contribution < 1.29 is 5.11 Å². The monoisotopic (exact) mass is 243 g/mol. The fourth-order valence-corrected chi connectivity index (χ4v) is 2.35. The Bertz CT molecular complexity index is 310. The Balaban J connectivity index is 2.24. The second-order valence-corrected chi connectivity index (χ2v) is 5.12. The molecule has 0 aromatic carbocycles. The zero-order valence-corrected chi connectivity index (χ0v) is 10.8. The summed E-state index contributed by atoms with van der Waals surface area (Å²) in [5.41, 5.74) is 4.87. The molecule has 5 heteroatoms. The molecule has 1 rings (SSSR count). The van der Waals surface area contributed by atoms with E-state index < -0.39 is 5.60 Å². The van der Waals surface area contributed by atoms with E-state index in [0.717, 1.165) is 30.2 Å². The Hall–Kier alpha value is -0.520. The van der Waals surface area contributed by atoms with Crippen LogP contribution in [0.4, 0.5) is 0 Å². The van der Waals surface area contributed by atoms with E-state index >= 15 is 0 Å². The molecule has 0 aliphatic heterocycles. The topological polar surface area (TPSA) is 64.1 Å². The molecule has 1 heterocycles. The first-order valence-corrected chi connectivity index (χ1v) is 6.62. The van der Waals surface area contributed by atoms with E-state index in [1.54, 1.807) is 18.0 Å². The second-order valence-electron chi connectivity index (χ2n) is 4.05. The van der Waals surface area contributed by atoms with Crippen LogP contribution in [0.25, 0.3) is 0 Å². The van der Waals surface area contributed by atoms with Gasteiger partial charge in [-0.05, 0) is 19.3 Å². The lowest BCUT2D eigenvalue weighted by Crippen LogP contribution is -2.36. The molecule has 1 aromatic rings. The molecule has 0 fully saturated rings. The van der Waals surface area contributed by atoms with Gasteiger partial charge >= 0.3 is 0 Å². The van der Waals surface area contributed by atoms with Crippen molar-refractivity contribution in [2.75, 3.05) is 12.3 Å². The molecule has 3 N–H and O–H groups in total. The molecule has 1 aromatic heterocycles. The third-order valence-electron chi connectivity index (χ3n) is 2.83. The number of aromatic nitrogens is 2. The highest BCUT2D eigenvalue weighted by atomic mass is 32.2. The number of hydrogen-bond donors (Lipinski definition) is 2. The van der Waals surface area contributed by atoms with Crippen molar-refractivity contribution in [2.45, 2.75) is 36.9 Å². The molecule has 0 saturated heterocycles. The minimum Gasteiger partial charge on any atom is -0.389 e. The lowest BCUT2D eigenvalue weighted by Gasteiger charge is -2.24. The number of rotatable bonds is 7. The first kappa shape index (κ1) is 13.5. The number of aryl methyl sites for hydroxylation is 1. The van der Waals surface area contributed by atoms with Gasteiger partial charge < -0.3 is 15.4 Å². The number of hydrogen-bond acceptors (Lipinski definition) is 4. The molecule has 16 heavy (non-hydrogen) atoms. The van der Waals surface area contributed by atoms with Crippen molar-refractivity contribution in [1.29, 1.82) is 0 Å². The summed E-state index contributed by atoms with van der Waals surface area (Å²) in [6.45, 7) is 2.31. The van der Waals surface area contributed by atoms with Crippen LogP contribution in [0.15, 0.2) is 17.6 Å². The van der Waals surface area contributed by atoms with Gasteiger partial charge in [-0.25, -0.2) is 4.98 Å². The predicted octanol–water partition coefficient (Wildman–Crippen LogP) is 1.39. The molecule has 0 aliphatic rings. The van der Waals surface area contributed by atoms with Crippen molar-refractivity contribution in [2.24, 2.45) is 12.8 Å². The second kappa shape index (κ2) is 6.27. The molecule has 0 aliphatic carbocycles. The number of imidazole rings is 1. The van der Waals surface area contributed by atoms with Crippen molar-refractivity contribution in [1.82, 2.24) is 9.55 Å². The zero-order chi connectivity index (χ0) is 12.0. The molecule has 1 atom stereocenters. The highest BCUT2D eigenvalue weighted by molar-refractivity contribution is 7.99. The van der Waals surface area contributed by atoms with Gasteiger partial charge in [0.2, 0.25) is 0 Å². The van der Waals surface area contributed by atoms with E-state index in [9.17, 15) is 5.11 Å². The molecule has 0 saturated carbocycles. The zero-order valence-electron chi connectivity index (χ0n) is 10.0. The Labute approximate surface area is 101 Å². The van der Waals surface area contributed by atoms with E-state index in [-0.39, 0.29) is 0 Å². The quantitative estimate of drug-likeness (QED) is 0.561. The lowest BCUT2D eigenvalue weighted by atomic mass is 9.95. The fraction of sp³-hybridized carbons (Fsp3) is 0.727. The van der Waals surface area contributed by atoms with Crippen LogP contribution in [0.3, 0.4) is 0 Å². The van der Waals surface area contributed by atoms with Gasteiger partial charge in [0.15, 0.2) is 5.16 Å². The van der Waals surface area contributed by atoms with E-state index in [1.165, 1.54) is 0 Å². The Morgan fingerprint density at radius 3 is 2.88 bits per heavy atom. The molecule has 0 bridgehead atoms. The Morgan fingerprint density at radius 1 is 1.62 bits per heavy atom. The Kier molecular flexibility index (Phi) is 5.31. The predicted molar refractivity (Wildman–Crippen MR) is 67.5 cm³/mol. The number of aliphatic hydroxyl groups is 1. The van der Waals surface area contributed by atoms with Gasteiger partial charge in [-0.2, -0.15) is 0 Å². The lowest BCUT2D eigenvalue weighted by molar-refractivity contribution is 0.0360. The minimum absolute atomic E-state index is 0.344. The SMILES string of the molecule is CCC(O)(CN)CCCSc1nccn1C. The highest BCUT2D eigenvalue weighted by Gasteiger charge is 2.21. The van der Waals surface area contributed by atoms with E-state index in [1.807, 2.05) is 24.7 Å². The minimum atomic E-state index is -0.678. The smallest absolute Gasteiger partial charge is 0.167 e. The average Bonchev–Trinajstić information content (AvgIpc) is 2.70. The van der Waals surface area contributed by atoms with Crippen LogP contribution in [0.1, 0.15) is 26.2 Å². The van der Waals surface area contributed by atoms with Gasteiger partial charge in [-0.15, -0.1) is 0 Å². The first-order valence-electron chi connectivity index (χ1n) is 5.64. The van der Waals surface area contributed by atoms with Gasteiger partial charge in [0.25, 0.3) is 0 Å². The largest absolute Gasteiger partial charge is 0.389 e. The van der Waals surface area contributed by atoms with E-state index in [4.69, 9.17) is 5.73 Å². The van der Waals surface area contributed by atoms with Crippen LogP contribution >= 0.6 is 11.8 Å². The molecular formula is C11H21N3OS. The summed E-state index contributed by atoms with van der Waals surface area (Å²) in [4.78, 5) is 4.23. The summed E-state index contributed by atoms with van der Waals surface area (Å²) >= 11 is 1.72. The molecule has 4 nitrogen and oxygen atoms in total. The maximum Gasteiger partial charge on any atom is 0.167 e. The van der Waals surface area contributed by atoms with Gasteiger partial charge in [0.05, 0.1) is 5.60 Å². The third-order valence-corrected chi connectivity index (χ3v) is 3.98. The summed E-state index contributed by atoms with van der Waals surface area (Å²) in [6, 6.07) is 0. The van der Waals surface area contributed by atoms with Crippen LogP contribution in [0.5, 0.6) is 0 Å². The summed E-state index contributed by atoms with van der Waals surface area (Å²) < 4.78 is 2.00. The highest BCUT2D eigenvalue weighted by Crippen LogP contribution is 2.20. The normalized spacial score (nSPS) is 15.0. The number of nitrogens with two attached hydrogens (primary N) is 1. The third kappa shape index (κ3) is 3.81. The van der Waals surface area contributed by atoms with Crippen molar-refractivity contribution in [3.8, 4) is 0 Å². The maximum atomic E-state index is 9.99. The van der Waals surface area contributed by atoms with Crippen LogP contribution in [0.2, 0.25) is 0 Å². The van der Waals surface area contributed by atoms with E-state index in [2.05, 4.69) is 4.98 Å². The van der Waals surface area contributed by atoms with Gasteiger partial charge in [-0.3, -0.25) is 0 Å². The molecular weight excluding hydrogens is 222 g/mol. The van der Waals surface area contributed by atoms with Gasteiger partial charge in [-0.1, -0.05) is 18.7 Å². The van der Waals surface area contributed by atoms with Gasteiger partial charge in [0.1, 0.15) is 0 Å². The number of thioether (sulfide) groups is 1. The molecule has 0 spiro atoms. The molecule has 92 valence electrons. The van der Waals surface area contributed by atoms with Crippen molar-refractivity contribution >= 4 is 11.8 Å². The van der Waals surface area contributed by atoms with Gasteiger partial charge in [0, 0.05) is 31.7 Å². The van der Waals surface area contributed by atoms with Crippen LogP contribution in [-0.2, 0) is 7.05 Å². The summed E-state index contributed by atoms with van der Waals surface area (Å²) in [6.07, 6.45) is 6.17. The Morgan fingerprint density at radius 2 is 2.38 bits per heavy atom. The molecule has 1 unspecified atom stereocenters. The summed E-state index contributed by atoms with van der Waals surface area (Å²) in [5, 5.41) is 11.0. The van der Waals surface area contributed by atoms with Crippen LogP contribution in [-0.4, -0.2) is 32.6 Å². The van der Waals surface area contributed by atoms with Crippen molar-refractivity contribution in [3.05, 3.63) is 12.4 Å². The van der Waals surface area contributed by atoms with Crippen molar-refractivity contribution in [3.63, 3.8) is 0 Å². The summed E-state index contributed by atoms with van der Waals surface area (Å²) in [7, 11) is 1.98.